The third-order valence-electron chi connectivity index (χ3n) is 5.57. The smallest absolute Gasteiger partial charge is 0.270 e. The van der Waals surface area contributed by atoms with Crippen molar-refractivity contribution in [2.75, 3.05) is 23.4 Å². The summed E-state index contributed by atoms with van der Waals surface area (Å²) < 4.78 is 11.9. The van der Waals surface area contributed by atoms with E-state index >= 15 is 0 Å². The number of hydrogen-bond acceptors (Lipinski definition) is 6. The Bertz CT molecular complexity index is 1410. The Morgan fingerprint density at radius 2 is 1.86 bits per heavy atom. The lowest BCUT2D eigenvalue weighted by molar-refractivity contribution is -0.118. The van der Waals surface area contributed by atoms with E-state index in [2.05, 4.69) is 5.32 Å². The minimum atomic E-state index is -0.278. The van der Waals surface area contributed by atoms with Crippen LogP contribution < -0.4 is 19.7 Å². The molecule has 3 aromatic carbocycles. The predicted molar refractivity (Wildman–Crippen MR) is 155 cm³/mol. The van der Waals surface area contributed by atoms with Crippen molar-refractivity contribution < 1.29 is 19.1 Å². The molecule has 1 N–H and O–H groups in total. The number of halogens is 1. The normalized spacial score (nSPS) is 14.3. The Labute approximate surface area is 230 Å². The second-order valence-electron chi connectivity index (χ2n) is 8.27. The highest BCUT2D eigenvalue weighted by atomic mass is 35.5. The standard InChI is InChI=1S/C28H25ClN2O4S2/c1-4-34-24-13-19(14-25-27(33)31(28(36)37-25)22-7-5-6-20(29)15-22)9-11-23(24)35-16-26(32)30-21-10-8-17(2)18(3)12-21/h5-15H,4,16H2,1-3H3,(H,30,32)/b25-14-. The summed E-state index contributed by atoms with van der Waals surface area (Å²) in [5.41, 5.74) is 4.32. The van der Waals surface area contributed by atoms with E-state index in [9.17, 15) is 9.59 Å². The van der Waals surface area contributed by atoms with Crippen molar-refractivity contribution >= 4 is 69.2 Å². The lowest BCUT2D eigenvalue weighted by Crippen LogP contribution is -2.27. The molecule has 0 atom stereocenters. The van der Waals surface area contributed by atoms with Crippen LogP contribution >= 0.6 is 35.6 Å². The van der Waals surface area contributed by atoms with Crippen LogP contribution in [0.15, 0.2) is 65.6 Å². The maximum atomic E-state index is 13.1. The molecule has 1 aliphatic rings. The van der Waals surface area contributed by atoms with Crippen molar-refractivity contribution in [1.82, 2.24) is 0 Å². The van der Waals surface area contributed by atoms with Crippen LogP contribution in [0.1, 0.15) is 23.6 Å². The number of thioether (sulfide) groups is 1. The van der Waals surface area contributed by atoms with Crippen molar-refractivity contribution in [3.63, 3.8) is 0 Å². The van der Waals surface area contributed by atoms with E-state index in [1.54, 1.807) is 48.5 Å². The number of nitrogens with one attached hydrogen (secondary N) is 1. The highest BCUT2D eigenvalue weighted by molar-refractivity contribution is 8.27. The van der Waals surface area contributed by atoms with Crippen LogP contribution in [0.5, 0.6) is 11.5 Å². The van der Waals surface area contributed by atoms with Crippen molar-refractivity contribution in [3.8, 4) is 11.5 Å². The van der Waals surface area contributed by atoms with Crippen LogP contribution in [0.2, 0.25) is 5.02 Å². The van der Waals surface area contributed by atoms with Gasteiger partial charge >= 0.3 is 0 Å². The molecule has 0 aliphatic carbocycles. The summed E-state index contributed by atoms with van der Waals surface area (Å²) in [6.45, 7) is 6.10. The van der Waals surface area contributed by atoms with Crippen LogP contribution in [0.25, 0.3) is 6.08 Å². The lowest BCUT2D eigenvalue weighted by Gasteiger charge is -2.14. The summed E-state index contributed by atoms with van der Waals surface area (Å²) in [6.07, 6.45) is 1.75. The van der Waals surface area contributed by atoms with E-state index < -0.39 is 0 Å². The Kier molecular flexibility index (Phi) is 8.53. The van der Waals surface area contributed by atoms with Crippen molar-refractivity contribution in [3.05, 3.63) is 87.3 Å². The van der Waals surface area contributed by atoms with Gasteiger partial charge in [-0.15, -0.1) is 0 Å². The summed E-state index contributed by atoms with van der Waals surface area (Å²) in [6, 6.07) is 18.0. The molecule has 0 saturated carbocycles. The summed E-state index contributed by atoms with van der Waals surface area (Å²) >= 11 is 12.8. The fraction of sp³-hybridized carbons (Fsp3) is 0.179. The van der Waals surface area contributed by atoms with Gasteiger partial charge in [-0.1, -0.05) is 53.8 Å². The number of carbonyl (C=O) groups is 2. The Balaban J connectivity index is 1.47. The van der Waals surface area contributed by atoms with Gasteiger partial charge in [0.05, 0.1) is 17.2 Å². The third kappa shape index (κ3) is 6.52. The largest absolute Gasteiger partial charge is 0.490 e. The fourth-order valence-electron chi connectivity index (χ4n) is 3.62. The number of nitrogens with zero attached hydrogens (tertiary/aromatic N) is 1. The first kappa shape index (κ1) is 26.7. The van der Waals surface area contributed by atoms with Crippen molar-refractivity contribution in [1.29, 1.82) is 0 Å². The minimum Gasteiger partial charge on any atom is -0.490 e. The Morgan fingerprint density at radius 3 is 2.59 bits per heavy atom. The second-order valence-corrected chi connectivity index (χ2v) is 10.4. The van der Waals surface area contributed by atoms with E-state index in [1.165, 1.54) is 16.7 Å². The molecule has 1 aliphatic heterocycles. The molecule has 1 fully saturated rings. The predicted octanol–water partition coefficient (Wildman–Crippen LogP) is 6.78. The number of amides is 2. The van der Waals surface area contributed by atoms with Crippen LogP contribution in [-0.2, 0) is 9.59 Å². The summed E-state index contributed by atoms with van der Waals surface area (Å²) in [4.78, 5) is 27.5. The molecule has 0 unspecified atom stereocenters. The van der Waals surface area contributed by atoms with Gasteiger partial charge in [0.15, 0.2) is 22.4 Å². The first-order valence-corrected chi connectivity index (χ1v) is 13.2. The number of ether oxygens (including phenoxy) is 2. The highest BCUT2D eigenvalue weighted by Gasteiger charge is 2.33. The number of carbonyl (C=O) groups excluding carboxylic acids is 2. The molecule has 3 aromatic rings. The molecule has 2 amide bonds. The van der Waals surface area contributed by atoms with Crippen molar-refractivity contribution in [2.24, 2.45) is 0 Å². The third-order valence-corrected chi connectivity index (χ3v) is 7.11. The number of thiocarbonyl (C=S) groups is 1. The minimum absolute atomic E-state index is 0.176. The van der Waals surface area contributed by atoms with E-state index in [0.29, 0.717) is 43.7 Å². The van der Waals surface area contributed by atoms with Gasteiger partial charge in [0.25, 0.3) is 11.8 Å². The van der Waals surface area contributed by atoms with Crippen molar-refractivity contribution in [2.45, 2.75) is 20.8 Å². The van der Waals surface area contributed by atoms with Gasteiger partial charge in [-0.3, -0.25) is 14.5 Å². The first-order chi connectivity index (χ1) is 17.7. The van der Waals surface area contributed by atoms with E-state index in [-0.39, 0.29) is 18.4 Å². The van der Waals surface area contributed by atoms with Crippen LogP contribution in [0.3, 0.4) is 0 Å². The Hall–Kier alpha value is -3.33. The molecule has 1 saturated heterocycles. The SMILES string of the molecule is CCOc1cc(/C=C2\SC(=S)N(c3cccc(Cl)c3)C2=O)ccc1OCC(=O)Nc1ccc(C)c(C)c1. The zero-order valence-corrected chi connectivity index (χ0v) is 22.9. The average molecular weight is 553 g/mol. The number of rotatable bonds is 8. The molecule has 1 heterocycles. The van der Waals surface area contributed by atoms with Gasteiger partial charge < -0.3 is 14.8 Å². The molecule has 37 heavy (non-hydrogen) atoms. The van der Waals surface area contributed by atoms with Crippen LogP contribution in [0, 0.1) is 13.8 Å². The molecule has 9 heteroatoms. The van der Waals surface area contributed by atoms with Gasteiger partial charge in [0, 0.05) is 10.7 Å². The monoisotopic (exact) mass is 552 g/mol. The highest BCUT2D eigenvalue weighted by Crippen LogP contribution is 2.38. The average Bonchev–Trinajstić information content (AvgIpc) is 3.13. The van der Waals surface area contributed by atoms with Gasteiger partial charge in [0.1, 0.15) is 0 Å². The summed E-state index contributed by atoms with van der Waals surface area (Å²) in [5, 5.41) is 3.37. The molecule has 190 valence electrons. The quantitative estimate of drug-likeness (QED) is 0.245. The van der Waals surface area contributed by atoms with Gasteiger partial charge in [-0.05, 0) is 86.0 Å². The van der Waals surface area contributed by atoms with Gasteiger partial charge in [-0.2, -0.15) is 0 Å². The molecule has 0 radical (unpaired) electrons. The number of aryl methyl sites for hydroxylation is 2. The number of hydrogen-bond donors (Lipinski definition) is 1. The molecule has 0 aromatic heterocycles. The molecular formula is C28H25ClN2O4S2. The maximum Gasteiger partial charge on any atom is 0.270 e. The van der Waals surface area contributed by atoms with Gasteiger partial charge in [-0.25, -0.2) is 0 Å². The molecule has 0 bridgehead atoms. The molecule has 4 rings (SSSR count). The van der Waals surface area contributed by atoms with E-state index in [0.717, 1.165) is 16.7 Å². The molecular weight excluding hydrogens is 528 g/mol. The van der Waals surface area contributed by atoms with Crippen LogP contribution in [-0.4, -0.2) is 29.3 Å². The number of anilines is 2. The van der Waals surface area contributed by atoms with E-state index in [4.69, 9.17) is 33.3 Å². The van der Waals surface area contributed by atoms with Crippen LogP contribution in [0.4, 0.5) is 11.4 Å². The molecule has 6 nitrogen and oxygen atoms in total. The zero-order valence-electron chi connectivity index (χ0n) is 20.5. The number of benzene rings is 3. The maximum absolute atomic E-state index is 13.1. The summed E-state index contributed by atoms with van der Waals surface area (Å²) in [5.74, 6) is 0.402. The topological polar surface area (TPSA) is 67.9 Å². The molecule has 0 spiro atoms. The summed E-state index contributed by atoms with van der Waals surface area (Å²) in [7, 11) is 0. The second kappa shape index (κ2) is 11.8. The lowest BCUT2D eigenvalue weighted by atomic mass is 10.1. The van der Waals surface area contributed by atoms with E-state index in [1.807, 2.05) is 39.0 Å². The Morgan fingerprint density at radius 1 is 1.05 bits per heavy atom. The first-order valence-electron chi connectivity index (χ1n) is 11.6. The fourth-order valence-corrected chi connectivity index (χ4v) is 5.10. The van der Waals surface area contributed by atoms with Gasteiger partial charge in [0.2, 0.25) is 0 Å². The zero-order chi connectivity index (χ0) is 26.5.